The second kappa shape index (κ2) is 16.0. The van der Waals surface area contributed by atoms with E-state index in [1.807, 2.05) is 18.2 Å². The maximum Gasteiger partial charge on any atom is 0.245 e. The minimum absolute atomic E-state index is 0.0289. The van der Waals surface area contributed by atoms with E-state index in [2.05, 4.69) is 31.6 Å². The van der Waals surface area contributed by atoms with Crippen LogP contribution in [0.25, 0.3) is 10.9 Å². The van der Waals surface area contributed by atoms with Gasteiger partial charge in [0.25, 0.3) is 0 Å². The molecule has 46 heavy (non-hydrogen) atoms. The van der Waals surface area contributed by atoms with Gasteiger partial charge < -0.3 is 47.5 Å². The summed E-state index contributed by atoms with van der Waals surface area (Å²) in [6.07, 6.45) is 0.306. The molecule has 0 fully saturated rings. The van der Waals surface area contributed by atoms with Crippen LogP contribution in [0, 0.1) is 0 Å². The number of aliphatic hydroxyl groups is 1. The number of aromatic amines is 1. The van der Waals surface area contributed by atoms with Crippen molar-refractivity contribution in [2.24, 2.45) is 5.73 Å². The largest absolute Gasteiger partial charge is 0.508 e. The minimum atomic E-state index is -1.48. The number of hydrogen-bond acceptors (Lipinski definition) is 8. The van der Waals surface area contributed by atoms with Crippen molar-refractivity contribution in [1.82, 2.24) is 31.6 Å². The smallest absolute Gasteiger partial charge is 0.245 e. The van der Waals surface area contributed by atoms with E-state index in [0.717, 1.165) is 10.9 Å². The number of phenols is 1. The Kier molecular flexibility index (Phi) is 12.2. The number of para-hydroxylation sites is 1. The summed E-state index contributed by atoms with van der Waals surface area (Å²) in [7, 11) is 0. The Balaban J connectivity index is 1.77. The van der Waals surface area contributed by atoms with Crippen molar-refractivity contribution in [3.05, 3.63) is 65.9 Å². The van der Waals surface area contributed by atoms with E-state index >= 15 is 0 Å². The lowest BCUT2D eigenvalue weighted by Crippen LogP contribution is -2.60. The molecule has 1 aromatic heterocycles. The molecule has 3 aromatic rings. The zero-order chi connectivity index (χ0) is 34.0. The zero-order valence-electron chi connectivity index (χ0n) is 25.6. The van der Waals surface area contributed by atoms with Crippen molar-refractivity contribution in [2.45, 2.75) is 63.9 Å². The van der Waals surface area contributed by atoms with Gasteiger partial charge in [0.05, 0.1) is 12.6 Å². The zero-order valence-corrected chi connectivity index (χ0v) is 25.6. The minimum Gasteiger partial charge on any atom is -0.508 e. The van der Waals surface area contributed by atoms with Crippen molar-refractivity contribution in [1.29, 1.82) is 0 Å². The average Bonchev–Trinajstić information content (AvgIpc) is 3.41. The highest BCUT2D eigenvalue weighted by Gasteiger charge is 2.32. The quantitative estimate of drug-likeness (QED) is 0.0959. The van der Waals surface area contributed by atoms with Gasteiger partial charge in [0, 0.05) is 36.9 Å². The summed E-state index contributed by atoms with van der Waals surface area (Å²) in [6.45, 7) is 3.44. The molecule has 10 N–H and O–H groups in total. The first-order valence-corrected chi connectivity index (χ1v) is 14.5. The number of carbonyl (C=O) groups excluding carboxylic acids is 6. The third-order valence-corrected chi connectivity index (χ3v) is 7.10. The molecular weight excluding hydrogens is 598 g/mol. The average molecular weight is 638 g/mol. The van der Waals surface area contributed by atoms with Gasteiger partial charge in [-0.3, -0.25) is 28.8 Å². The van der Waals surface area contributed by atoms with Gasteiger partial charge in [0.1, 0.15) is 29.9 Å². The van der Waals surface area contributed by atoms with Crippen LogP contribution in [0.2, 0.25) is 0 Å². The maximum absolute atomic E-state index is 13.6. The summed E-state index contributed by atoms with van der Waals surface area (Å²) in [5.41, 5.74) is 7.57. The number of aliphatic hydroxyl groups excluding tert-OH is 1. The highest BCUT2D eigenvalue weighted by Crippen LogP contribution is 2.19. The van der Waals surface area contributed by atoms with Gasteiger partial charge in [-0.2, -0.15) is 0 Å². The van der Waals surface area contributed by atoms with Gasteiger partial charge in [0.15, 0.2) is 0 Å². The standard InChI is InChI=1S/C31H39N7O8/c1-16(29(44)36-24(28(32)43)12-19-8-10-21(41)11-9-19)35-30(45)25(13-20-14-34-23-7-5-4-6-22(20)23)37-31(46)27(17(2)39)38-26(42)15-33-18(3)40/h4-11,14,16-17,24-25,27,34,39,41H,12-13,15H2,1-3H3,(H2,32,43)(H,33,40)(H,35,45)(H,36,44)(H,37,46)(H,38,42)/t16-,17+,24-,25-,27-/m0/s1. The molecule has 0 aliphatic carbocycles. The number of fused-ring (bicyclic) bond motifs is 1. The molecule has 5 atom stereocenters. The number of aromatic nitrogens is 1. The molecule has 3 rings (SSSR count). The fourth-order valence-corrected chi connectivity index (χ4v) is 4.59. The number of primary amides is 1. The van der Waals surface area contributed by atoms with Gasteiger partial charge in [-0.15, -0.1) is 0 Å². The summed E-state index contributed by atoms with van der Waals surface area (Å²) in [5, 5.41) is 32.8. The van der Waals surface area contributed by atoms with Gasteiger partial charge in [-0.25, -0.2) is 0 Å². The lowest BCUT2D eigenvalue weighted by molar-refractivity contribution is -0.135. The highest BCUT2D eigenvalue weighted by molar-refractivity contribution is 5.96. The summed E-state index contributed by atoms with van der Waals surface area (Å²) in [5.74, 6) is -4.36. The van der Waals surface area contributed by atoms with Crippen LogP contribution < -0.4 is 32.3 Å². The lowest BCUT2D eigenvalue weighted by atomic mass is 10.0. The number of amides is 6. The molecule has 0 radical (unpaired) electrons. The maximum atomic E-state index is 13.6. The molecule has 0 saturated carbocycles. The topological polar surface area (TPSA) is 245 Å². The van der Waals surface area contributed by atoms with Crippen LogP contribution in [0.15, 0.2) is 54.7 Å². The van der Waals surface area contributed by atoms with Crippen molar-refractivity contribution in [3.63, 3.8) is 0 Å². The van der Waals surface area contributed by atoms with Crippen LogP contribution in [0.5, 0.6) is 5.75 Å². The number of hydrogen-bond donors (Lipinski definition) is 9. The Bertz CT molecular complexity index is 1570. The van der Waals surface area contributed by atoms with E-state index in [-0.39, 0.29) is 18.6 Å². The molecule has 15 nitrogen and oxygen atoms in total. The molecular formula is C31H39N7O8. The number of nitrogens with one attached hydrogen (secondary N) is 6. The Morgan fingerprint density at radius 2 is 1.48 bits per heavy atom. The first-order valence-electron chi connectivity index (χ1n) is 14.5. The summed E-state index contributed by atoms with van der Waals surface area (Å²) in [4.78, 5) is 78.5. The number of H-pyrrole nitrogens is 1. The normalized spacial score (nSPS) is 14.2. The van der Waals surface area contributed by atoms with Crippen LogP contribution in [0.3, 0.4) is 0 Å². The first-order chi connectivity index (χ1) is 21.7. The third kappa shape index (κ3) is 10.1. The second-order valence-corrected chi connectivity index (χ2v) is 10.9. The second-order valence-electron chi connectivity index (χ2n) is 10.9. The molecule has 15 heteroatoms. The van der Waals surface area contributed by atoms with Crippen LogP contribution in [-0.4, -0.2) is 87.5 Å². The molecule has 0 aliphatic heterocycles. The van der Waals surface area contributed by atoms with Gasteiger partial charge in [-0.1, -0.05) is 30.3 Å². The van der Waals surface area contributed by atoms with Crippen LogP contribution in [0.4, 0.5) is 0 Å². The molecule has 246 valence electrons. The summed E-state index contributed by atoms with van der Waals surface area (Å²) >= 11 is 0. The summed E-state index contributed by atoms with van der Waals surface area (Å²) < 4.78 is 0. The third-order valence-electron chi connectivity index (χ3n) is 7.10. The Labute approximate surface area is 264 Å². The van der Waals surface area contributed by atoms with Crippen molar-refractivity contribution in [2.75, 3.05) is 6.54 Å². The van der Waals surface area contributed by atoms with Gasteiger partial charge in [0.2, 0.25) is 35.4 Å². The Hall–Kier alpha value is -5.44. The number of aromatic hydroxyl groups is 1. The lowest BCUT2D eigenvalue weighted by Gasteiger charge is -2.26. The van der Waals surface area contributed by atoms with E-state index in [1.165, 1.54) is 32.9 Å². The molecule has 0 bridgehead atoms. The Morgan fingerprint density at radius 3 is 2.11 bits per heavy atom. The number of carbonyl (C=O) groups is 6. The van der Waals surface area contributed by atoms with Crippen LogP contribution >= 0.6 is 0 Å². The SMILES string of the molecule is CC(=O)NCC(=O)N[C@H](C(=O)N[C@@H](Cc1c[nH]c2ccccc12)C(=O)N[C@@H](C)C(=O)N[C@@H](Cc1ccc(O)cc1)C(N)=O)[C@@H](C)O. The molecule has 2 aromatic carbocycles. The number of rotatable bonds is 15. The fraction of sp³-hybridized carbons (Fsp3) is 0.355. The van der Waals surface area contributed by atoms with Crippen molar-refractivity contribution < 1.29 is 39.0 Å². The predicted octanol–water partition coefficient (Wildman–Crippen LogP) is -1.38. The number of benzene rings is 2. The van der Waals surface area contributed by atoms with E-state index in [0.29, 0.717) is 11.1 Å². The van der Waals surface area contributed by atoms with E-state index in [9.17, 15) is 39.0 Å². The fourth-order valence-electron chi connectivity index (χ4n) is 4.59. The first kappa shape index (κ1) is 35.0. The van der Waals surface area contributed by atoms with Crippen molar-refractivity contribution >= 4 is 46.3 Å². The van der Waals surface area contributed by atoms with E-state index in [1.54, 1.807) is 24.4 Å². The molecule has 0 spiro atoms. The molecule has 0 aliphatic rings. The van der Waals surface area contributed by atoms with E-state index in [4.69, 9.17) is 5.73 Å². The molecule has 0 saturated heterocycles. The van der Waals surface area contributed by atoms with Gasteiger partial charge in [-0.05, 0) is 43.2 Å². The van der Waals surface area contributed by atoms with Crippen LogP contribution in [0.1, 0.15) is 31.9 Å². The monoisotopic (exact) mass is 637 g/mol. The van der Waals surface area contributed by atoms with Gasteiger partial charge >= 0.3 is 0 Å². The highest BCUT2D eigenvalue weighted by atomic mass is 16.3. The van der Waals surface area contributed by atoms with Crippen molar-refractivity contribution in [3.8, 4) is 5.75 Å². The van der Waals surface area contributed by atoms with E-state index < -0.39 is 72.3 Å². The van der Waals surface area contributed by atoms with Crippen LogP contribution in [-0.2, 0) is 41.6 Å². The number of phenolic OH excluding ortho intramolecular Hbond substituents is 1. The molecule has 0 unspecified atom stereocenters. The predicted molar refractivity (Wildman–Crippen MR) is 167 cm³/mol. The number of nitrogens with two attached hydrogens (primary N) is 1. The Morgan fingerprint density at radius 1 is 0.826 bits per heavy atom. The molecule has 6 amide bonds. The molecule has 1 heterocycles. The summed E-state index contributed by atoms with van der Waals surface area (Å²) in [6, 6.07) is 8.24.